The summed E-state index contributed by atoms with van der Waals surface area (Å²) < 4.78 is 21.7. The number of aromatic nitrogens is 1. The summed E-state index contributed by atoms with van der Waals surface area (Å²) in [5, 5.41) is 3.09. The average Bonchev–Trinajstić information content (AvgIpc) is 2.03. The summed E-state index contributed by atoms with van der Waals surface area (Å²) in [6.45, 7) is 0. The summed E-state index contributed by atoms with van der Waals surface area (Å²) in [4.78, 5) is 3.92. The first-order valence-corrected chi connectivity index (χ1v) is 5.85. The molecule has 1 aromatic heterocycles. The van der Waals surface area contributed by atoms with Crippen molar-refractivity contribution in [2.45, 2.75) is 6.04 Å². The van der Waals surface area contributed by atoms with E-state index in [0.29, 0.717) is 0 Å². The highest BCUT2D eigenvalue weighted by Crippen LogP contribution is 2.15. The summed E-state index contributed by atoms with van der Waals surface area (Å²) >= 11 is 0. The number of hydrogen-bond donors (Lipinski definition) is 1. The molecule has 70 valence electrons. The third kappa shape index (κ3) is 1.98. The molecule has 13 heavy (non-hydrogen) atoms. The fourth-order valence-electron chi connectivity index (χ4n) is 1.33. The summed E-state index contributed by atoms with van der Waals surface area (Å²) in [7, 11) is -2.73. The van der Waals surface area contributed by atoms with E-state index in [4.69, 9.17) is 0 Å². The minimum atomic E-state index is -2.73. The average molecular weight is 198 g/mol. The molecule has 5 heteroatoms. The van der Waals surface area contributed by atoms with E-state index in [9.17, 15) is 8.42 Å². The number of pyridine rings is 1. The van der Waals surface area contributed by atoms with Gasteiger partial charge in [-0.25, -0.2) is 8.42 Å². The van der Waals surface area contributed by atoms with E-state index in [2.05, 4.69) is 10.3 Å². The van der Waals surface area contributed by atoms with Crippen LogP contribution < -0.4 is 5.32 Å². The minimum Gasteiger partial charge on any atom is -0.379 e. The third-order valence-corrected chi connectivity index (χ3v) is 3.76. The van der Waals surface area contributed by atoms with Crippen LogP contribution in [0, 0.1) is 0 Å². The lowest BCUT2D eigenvalue weighted by Gasteiger charge is -2.27. The molecule has 0 atom stereocenters. The van der Waals surface area contributed by atoms with E-state index in [1.54, 1.807) is 12.4 Å². The number of nitrogens with one attached hydrogen (secondary N) is 1. The van der Waals surface area contributed by atoms with Gasteiger partial charge < -0.3 is 5.32 Å². The smallest absolute Gasteiger partial charge is 0.154 e. The van der Waals surface area contributed by atoms with Crippen molar-refractivity contribution >= 4 is 15.5 Å². The summed E-state index contributed by atoms with van der Waals surface area (Å²) in [5.74, 6) is 0.476. The molecule has 0 amide bonds. The maximum atomic E-state index is 10.8. The lowest BCUT2D eigenvalue weighted by atomic mass is 10.3. The predicted molar refractivity (Wildman–Crippen MR) is 50.3 cm³/mol. The lowest BCUT2D eigenvalue weighted by molar-refractivity contribution is 0.570. The zero-order valence-electron chi connectivity index (χ0n) is 6.97. The summed E-state index contributed by atoms with van der Waals surface area (Å²) in [5.41, 5.74) is 0.877. The largest absolute Gasteiger partial charge is 0.379 e. The Labute approximate surface area is 76.9 Å². The molecule has 0 aromatic carbocycles. The topological polar surface area (TPSA) is 59.1 Å². The molecule has 0 radical (unpaired) electrons. The van der Waals surface area contributed by atoms with Gasteiger partial charge in [-0.15, -0.1) is 0 Å². The van der Waals surface area contributed by atoms with Gasteiger partial charge in [-0.2, -0.15) is 0 Å². The van der Waals surface area contributed by atoms with Gasteiger partial charge in [0.15, 0.2) is 9.84 Å². The zero-order valence-corrected chi connectivity index (χ0v) is 7.79. The van der Waals surface area contributed by atoms with Crippen molar-refractivity contribution in [1.29, 1.82) is 0 Å². The van der Waals surface area contributed by atoms with Crippen molar-refractivity contribution in [1.82, 2.24) is 4.98 Å². The molecule has 2 heterocycles. The molecule has 1 N–H and O–H groups in total. The molecular weight excluding hydrogens is 188 g/mol. The Balaban J connectivity index is 1.95. The van der Waals surface area contributed by atoms with Crippen molar-refractivity contribution in [3.63, 3.8) is 0 Å². The standard InChI is InChI=1S/C8H10N2O2S/c11-13(12)5-8(6-13)10-7-2-1-3-9-4-7/h1-4,8,10H,5-6H2. The molecule has 0 saturated carbocycles. The molecule has 1 aliphatic heterocycles. The highest BCUT2D eigenvalue weighted by Gasteiger charge is 2.32. The fourth-order valence-corrected chi connectivity index (χ4v) is 2.63. The maximum Gasteiger partial charge on any atom is 0.154 e. The number of rotatable bonds is 2. The van der Waals surface area contributed by atoms with Crippen molar-refractivity contribution in [2.24, 2.45) is 0 Å². The normalized spacial score (nSPS) is 20.6. The Kier molecular flexibility index (Phi) is 1.95. The highest BCUT2D eigenvalue weighted by molar-refractivity contribution is 7.92. The molecule has 1 aromatic rings. The van der Waals surface area contributed by atoms with Crippen LogP contribution in [0.4, 0.5) is 5.69 Å². The molecule has 1 fully saturated rings. The van der Waals surface area contributed by atoms with E-state index in [1.165, 1.54) is 0 Å². The monoisotopic (exact) mass is 198 g/mol. The van der Waals surface area contributed by atoms with Gasteiger partial charge in [0, 0.05) is 12.4 Å². The fraction of sp³-hybridized carbons (Fsp3) is 0.375. The quantitative estimate of drug-likeness (QED) is 0.742. The minimum absolute atomic E-state index is 0.0641. The number of sulfone groups is 1. The van der Waals surface area contributed by atoms with E-state index >= 15 is 0 Å². The number of hydrogen-bond acceptors (Lipinski definition) is 4. The van der Waals surface area contributed by atoms with Crippen molar-refractivity contribution in [3.05, 3.63) is 24.5 Å². The number of nitrogens with zero attached hydrogens (tertiary/aromatic N) is 1. The molecule has 0 aliphatic carbocycles. The van der Waals surface area contributed by atoms with Crippen LogP contribution >= 0.6 is 0 Å². The molecule has 1 saturated heterocycles. The second kappa shape index (κ2) is 2.99. The van der Waals surface area contributed by atoms with Gasteiger partial charge in [0.05, 0.1) is 23.2 Å². The Hall–Kier alpha value is -1.10. The van der Waals surface area contributed by atoms with Crippen LogP contribution in [0.5, 0.6) is 0 Å². The molecule has 0 bridgehead atoms. The van der Waals surface area contributed by atoms with Crippen LogP contribution in [-0.4, -0.2) is 30.9 Å². The number of anilines is 1. The van der Waals surface area contributed by atoms with Gasteiger partial charge in [-0.1, -0.05) is 0 Å². The van der Waals surface area contributed by atoms with Crippen molar-refractivity contribution < 1.29 is 8.42 Å². The van der Waals surface area contributed by atoms with Crippen LogP contribution in [0.1, 0.15) is 0 Å². The van der Waals surface area contributed by atoms with E-state index in [1.807, 2.05) is 12.1 Å². The molecular formula is C8H10N2O2S. The second-order valence-electron chi connectivity index (χ2n) is 3.16. The highest BCUT2D eigenvalue weighted by atomic mass is 32.2. The Bertz CT molecular complexity index is 376. The van der Waals surface area contributed by atoms with Gasteiger partial charge in [0.1, 0.15) is 0 Å². The van der Waals surface area contributed by atoms with Crippen molar-refractivity contribution in [3.8, 4) is 0 Å². The zero-order chi connectivity index (χ0) is 9.31. The lowest BCUT2D eigenvalue weighted by Crippen LogP contribution is -2.46. The van der Waals surface area contributed by atoms with Crippen LogP contribution in [-0.2, 0) is 9.84 Å². The van der Waals surface area contributed by atoms with E-state index in [0.717, 1.165) is 5.69 Å². The first-order chi connectivity index (χ1) is 6.16. The molecule has 2 rings (SSSR count). The van der Waals surface area contributed by atoms with Gasteiger partial charge in [-0.3, -0.25) is 4.98 Å². The van der Waals surface area contributed by atoms with Crippen LogP contribution in [0.3, 0.4) is 0 Å². The third-order valence-electron chi connectivity index (χ3n) is 1.94. The van der Waals surface area contributed by atoms with Crippen LogP contribution in [0.15, 0.2) is 24.5 Å². The first kappa shape index (κ1) is 8.50. The molecule has 0 spiro atoms. The summed E-state index contributed by atoms with van der Waals surface area (Å²) in [6.07, 6.45) is 3.37. The molecule has 1 aliphatic rings. The summed E-state index contributed by atoms with van der Waals surface area (Å²) in [6, 6.07) is 3.75. The predicted octanol–water partition coefficient (Wildman–Crippen LogP) is 0.291. The SMILES string of the molecule is O=S1(=O)CC(Nc2cccnc2)C1. The maximum absolute atomic E-state index is 10.8. The Morgan fingerprint density at radius 1 is 1.46 bits per heavy atom. The molecule has 0 unspecified atom stereocenters. The second-order valence-corrected chi connectivity index (χ2v) is 5.31. The van der Waals surface area contributed by atoms with Gasteiger partial charge in [-0.05, 0) is 12.1 Å². The first-order valence-electron chi connectivity index (χ1n) is 4.03. The van der Waals surface area contributed by atoms with Gasteiger partial charge >= 0.3 is 0 Å². The van der Waals surface area contributed by atoms with Gasteiger partial charge in [0.25, 0.3) is 0 Å². The van der Waals surface area contributed by atoms with Crippen LogP contribution in [0.2, 0.25) is 0 Å². The van der Waals surface area contributed by atoms with Crippen LogP contribution in [0.25, 0.3) is 0 Å². The molecule has 4 nitrogen and oxygen atoms in total. The van der Waals surface area contributed by atoms with E-state index < -0.39 is 9.84 Å². The Morgan fingerprint density at radius 3 is 2.77 bits per heavy atom. The van der Waals surface area contributed by atoms with Gasteiger partial charge in [0.2, 0.25) is 0 Å². The van der Waals surface area contributed by atoms with E-state index in [-0.39, 0.29) is 17.5 Å². The van der Waals surface area contributed by atoms with Crippen molar-refractivity contribution in [2.75, 3.05) is 16.8 Å². The Morgan fingerprint density at radius 2 is 2.23 bits per heavy atom.